The fraction of sp³-hybridized carbons (Fsp3) is 0.286. The van der Waals surface area contributed by atoms with Crippen LogP contribution >= 0.6 is 28.1 Å². The predicted octanol–water partition coefficient (Wildman–Crippen LogP) is 5.02. The van der Waals surface area contributed by atoms with E-state index < -0.39 is 0 Å². The average molecular weight is 478 g/mol. The lowest BCUT2D eigenvalue weighted by atomic mass is 10.2. The Morgan fingerprint density at radius 2 is 1.90 bits per heavy atom. The molecule has 0 spiro atoms. The number of thiocarbonyl (C=S) groups is 1. The molecule has 0 bridgehead atoms. The minimum atomic E-state index is -0.336. The Kier molecular flexibility index (Phi) is 8.60. The van der Waals surface area contributed by atoms with E-state index in [9.17, 15) is 9.59 Å². The molecule has 0 aromatic heterocycles. The van der Waals surface area contributed by atoms with Crippen LogP contribution in [0.15, 0.2) is 40.9 Å². The van der Waals surface area contributed by atoms with E-state index in [4.69, 9.17) is 17.0 Å². The summed E-state index contributed by atoms with van der Waals surface area (Å²) in [6.07, 6.45) is 2.02. The van der Waals surface area contributed by atoms with E-state index in [0.29, 0.717) is 33.8 Å². The summed E-state index contributed by atoms with van der Waals surface area (Å²) in [5.41, 5.74) is 2.71. The van der Waals surface area contributed by atoms with Crippen molar-refractivity contribution in [3.63, 3.8) is 0 Å². The SMILES string of the molecule is CCCCOc1ccc(C(=O)NC(=S)Nc2ccc(C)c(NC(C)=O)c2)cc1Br. The van der Waals surface area contributed by atoms with Crippen molar-refractivity contribution in [2.24, 2.45) is 0 Å². The highest BCUT2D eigenvalue weighted by Crippen LogP contribution is 2.26. The van der Waals surface area contributed by atoms with E-state index in [0.717, 1.165) is 18.4 Å². The van der Waals surface area contributed by atoms with E-state index in [1.165, 1.54) is 6.92 Å². The number of nitrogens with one attached hydrogen (secondary N) is 3. The van der Waals surface area contributed by atoms with Crippen molar-refractivity contribution in [3.05, 3.63) is 52.0 Å². The van der Waals surface area contributed by atoms with E-state index >= 15 is 0 Å². The molecular weight excluding hydrogens is 454 g/mol. The van der Waals surface area contributed by atoms with Crippen molar-refractivity contribution in [1.29, 1.82) is 0 Å². The number of benzene rings is 2. The molecule has 154 valence electrons. The van der Waals surface area contributed by atoms with Crippen molar-refractivity contribution >= 4 is 56.4 Å². The van der Waals surface area contributed by atoms with E-state index in [1.807, 2.05) is 19.1 Å². The van der Waals surface area contributed by atoms with Crippen LogP contribution in [0.4, 0.5) is 11.4 Å². The summed E-state index contributed by atoms with van der Waals surface area (Å²) in [5, 5.41) is 8.52. The Balaban J connectivity index is 1.99. The van der Waals surface area contributed by atoms with E-state index in [-0.39, 0.29) is 16.9 Å². The summed E-state index contributed by atoms with van der Waals surface area (Å²) in [6.45, 7) is 6.07. The van der Waals surface area contributed by atoms with E-state index in [2.05, 4.69) is 38.8 Å². The first-order chi connectivity index (χ1) is 13.8. The molecule has 0 saturated heterocycles. The van der Waals surface area contributed by atoms with Gasteiger partial charge in [0.15, 0.2) is 5.11 Å². The third-order valence-electron chi connectivity index (χ3n) is 3.98. The number of amides is 2. The number of rotatable bonds is 7. The first-order valence-corrected chi connectivity index (χ1v) is 10.4. The summed E-state index contributed by atoms with van der Waals surface area (Å²) in [6, 6.07) is 10.6. The van der Waals surface area contributed by atoms with Gasteiger partial charge < -0.3 is 15.4 Å². The smallest absolute Gasteiger partial charge is 0.257 e. The second-order valence-electron chi connectivity index (χ2n) is 6.47. The zero-order chi connectivity index (χ0) is 21.4. The summed E-state index contributed by atoms with van der Waals surface area (Å²) in [4.78, 5) is 23.8. The molecule has 2 aromatic rings. The van der Waals surface area contributed by atoms with Gasteiger partial charge in [0.25, 0.3) is 5.91 Å². The predicted molar refractivity (Wildman–Crippen MR) is 124 cm³/mol. The fourth-order valence-corrected chi connectivity index (χ4v) is 3.15. The van der Waals surface area contributed by atoms with Crippen LogP contribution in [0.1, 0.15) is 42.6 Å². The molecule has 0 aliphatic heterocycles. The van der Waals surface area contributed by atoms with Crippen LogP contribution in [0, 0.1) is 6.92 Å². The van der Waals surface area contributed by atoms with Crippen LogP contribution in [0.2, 0.25) is 0 Å². The van der Waals surface area contributed by atoms with Gasteiger partial charge >= 0.3 is 0 Å². The highest BCUT2D eigenvalue weighted by Gasteiger charge is 2.12. The Hall–Kier alpha value is -2.45. The summed E-state index contributed by atoms with van der Waals surface area (Å²) in [5.74, 6) is 0.201. The first kappa shape index (κ1) is 22.8. The summed E-state index contributed by atoms with van der Waals surface area (Å²) < 4.78 is 6.38. The number of anilines is 2. The Labute approximate surface area is 184 Å². The largest absolute Gasteiger partial charge is 0.492 e. The van der Waals surface area contributed by atoms with Gasteiger partial charge in [0.05, 0.1) is 11.1 Å². The number of carbonyl (C=O) groups is 2. The van der Waals surface area contributed by atoms with Crippen molar-refractivity contribution in [1.82, 2.24) is 5.32 Å². The number of aryl methyl sites for hydroxylation is 1. The topological polar surface area (TPSA) is 79.5 Å². The lowest BCUT2D eigenvalue weighted by Gasteiger charge is -2.13. The van der Waals surface area contributed by atoms with Gasteiger partial charge in [-0.25, -0.2) is 0 Å². The van der Waals surface area contributed by atoms with Crippen molar-refractivity contribution in [2.45, 2.75) is 33.6 Å². The monoisotopic (exact) mass is 477 g/mol. The normalized spacial score (nSPS) is 10.2. The molecule has 0 aliphatic rings. The Morgan fingerprint density at radius 1 is 1.14 bits per heavy atom. The molecule has 2 amide bonds. The number of hydrogen-bond donors (Lipinski definition) is 3. The summed E-state index contributed by atoms with van der Waals surface area (Å²) >= 11 is 8.67. The number of hydrogen-bond acceptors (Lipinski definition) is 4. The number of unbranched alkanes of at least 4 members (excludes halogenated alkanes) is 1. The van der Waals surface area contributed by atoms with Gasteiger partial charge in [-0.05, 0) is 77.4 Å². The molecule has 3 N–H and O–H groups in total. The molecule has 2 rings (SSSR count). The van der Waals surface area contributed by atoms with Crippen molar-refractivity contribution in [3.8, 4) is 5.75 Å². The standard InChI is InChI=1S/C21H24BrN3O3S/c1-4-5-10-28-19-9-7-15(11-17(19)22)20(27)25-21(29)24-16-8-6-13(2)18(12-16)23-14(3)26/h6-9,11-12H,4-5,10H2,1-3H3,(H,23,26)(H2,24,25,27,29). The quantitative estimate of drug-likeness (QED) is 0.385. The van der Waals surface area contributed by atoms with Gasteiger partial charge in [0.2, 0.25) is 5.91 Å². The van der Waals surface area contributed by atoms with Gasteiger partial charge in [0, 0.05) is 23.9 Å². The minimum absolute atomic E-state index is 0.158. The Morgan fingerprint density at radius 3 is 2.55 bits per heavy atom. The molecule has 6 nitrogen and oxygen atoms in total. The molecule has 0 aliphatic carbocycles. The molecular formula is C21H24BrN3O3S. The second-order valence-corrected chi connectivity index (χ2v) is 7.73. The molecule has 0 radical (unpaired) electrons. The van der Waals surface area contributed by atoms with Gasteiger partial charge in [-0.3, -0.25) is 14.9 Å². The maximum Gasteiger partial charge on any atom is 0.257 e. The lowest BCUT2D eigenvalue weighted by Crippen LogP contribution is -2.34. The third-order valence-corrected chi connectivity index (χ3v) is 4.81. The minimum Gasteiger partial charge on any atom is -0.492 e. The number of ether oxygens (including phenoxy) is 1. The van der Waals surface area contributed by atoms with Crippen LogP contribution in [0.5, 0.6) is 5.75 Å². The van der Waals surface area contributed by atoms with Crippen LogP contribution in [-0.4, -0.2) is 23.5 Å². The maximum absolute atomic E-state index is 12.5. The maximum atomic E-state index is 12.5. The molecule has 0 fully saturated rings. The lowest BCUT2D eigenvalue weighted by molar-refractivity contribution is -0.114. The van der Waals surface area contributed by atoms with Gasteiger partial charge in [-0.15, -0.1) is 0 Å². The fourth-order valence-electron chi connectivity index (χ4n) is 2.45. The molecule has 8 heteroatoms. The highest BCUT2D eigenvalue weighted by atomic mass is 79.9. The zero-order valence-corrected chi connectivity index (χ0v) is 19.0. The first-order valence-electron chi connectivity index (χ1n) is 9.23. The Bertz CT molecular complexity index is 918. The molecule has 0 atom stereocenters. The molecule has 29 heavy (non-hydrogen) atoms. The molecule has 0 heterocycles. The van der Waals surface area contributed by atoms with Crippen LogP contribution in [0.3, 0.4) is 0 Å². The van der Waals surface area contributed by atoms with Crippen LogP contribution in [0.25, 0.3) is 0 Å². The summed E-state index contributed by atoms with van der Waals surface area (Å²) in [7, 11) is 0. The molecule has 2 aromatic carbocycles. The van der Waals surface area contributed by atoms with E-state index in [1.54, 1.807) is 24.3 Å². The molecule has 0 unspecified atom stereocenters. The van der Waals surface area contributed by atoms with Crippen LogP contribution in [-0.2, 0) is 4.79 Å². The van der Waals surface area contributed by atoms with Gasteiger partial charge in [-0.2, -0.15) is 0 Å². The number of carbonyl (C=O) groups excluding carboxylic acids is 2. The third kappa shape index (κ3) is 7.14. The van der Waals surface area contributed by atoms with Crippen LogP contribution < -0.4 is 20.7 Å². The number of halogens is 1. The zero-order valence-electron chi connectivity index (χ0n) is 16.6. The van der Waals surface area contributed by atoms with Gasteiger partial charge in [0.1, 0.15) is 5.75 Å². The highest BCUT2D eigenvalue weighted by molar-refractivity contribution is 9.10. The molecule has 0 saturated carbocycles. The van der Waals surface area contributed by atoms with Gasteiger partial charge in [-0.1, -0.05) is 19.4 Å². The van der Waals surface area contributed by atoms with Crippen molar-refractivity contribution in [2.75, 3.05) is 17.2 Å². The average Bonchev–Trinajstić information content (AvgIpc) is 2.65. The van der Waals surface area contributed by atoms with Crippen molar-refractivity contribution < 1.29 is 14.3 Å². The second kappa shape index (κ2) is 10.9.